The van der Waals surface area contributed by atoms with Gasteiger partial charge in [0.05, 0.1) is 0 Å². The summed E-state index contributed by atoms with van der Waals surface area (Å²) in [5.74, 6) is -0.900. The van der Waals surface area contributed by atoms with Crippen LogP contribution in [0.5, 0.6) is 0 Å². The number of carbonyl (C=O) groups excluding carboxylic acids is 3. The number of carbonyl (C=O) groups is 3. The Morgan fingerprint density at radius 2 is 0.494 bits per heavy atom. The molecule has 0 aromatic rings. The van der Waals surface area contributed by atoms with E-state index in [1.165, 1.54) is 244 Å². The number of ether oxygens (including phenoxy) is 3. The summed E-state index contributed by atoms with van der Waals surface area (Å²) in [5.41, 5.74) is 0. The van der Waals surface area contributed by atoms with Crippen LogP contribution in [0.2, 0.25) is 0 Å². The van der Waals surface area contributed by atoms with Crippen molar-refractivity contribution in [2.45, 2.75) is 386 Å². The second-order valence-corrected chi connectivity index (χ2v) is 23.8. The van der Waals surface area contributed by atoms with E-state index in [0.717, 1.165) is 96.3 Å². The van der Waals surface area contributed by atoms with Gasteiger partial charge >= 0.3 is 17.9 Å². The molecular formula is C73H134O6. The molecule has 0 heterocycles. The van der Waals surface area contributed by atoms with Gasteiger partial charge in [-0.2, -0.15) is 0 Å². The fourth-order valence-corrected chi connectivity index (χ4v) is 10.6. The summed E-state index contributed by atoms with van der Waals surface area (Å²) in [7, 11) is 0. The van der Waals surface area contributed by atoms with Crippen LogP contribution in [-0.2, 0) is 28.6 Å². The van der Waals surface area contributed by atoms with Gasteiger partial charge in [0.15, 0.2) is 6.10 Å². The van der Waals surface area contributed by atoms with E-state index in [1.807, 2.05) is 0 Å². The van der Waals surface area contributed by atoms with Crippen LogP contribution in [0.1, 0.15) is 380 Å². The van der Waals surface area contributed by atoms with Gasteiger partial charge in [0.2, 0.25) is 0 Å². The molecular weight excluding hydrogens is 973 g/mol. The second kappa shape index (κ2) is 67.9. The highest BCUT2D eigenvalue weighted by Gasteiger charge is 2.19. The number of esters is 3. The summed E-state index contributed by atoms with van der Waals surface area (Å²) in [5, 5.41) is 0. The summed E-state index contributed by atoms with van der Waals surface area (Å²) in [6.45, 7) is 6.55. The van der Waals surface area contributed by atoms with Crippen LogP contribution < -0.4 is 0 Å². The predicted molar refractivity (Wildman–Crippen MR) is 344 cm³/mol. The van der Waals surface area contributed by atoms with Crippen LogP contribution in [0.3, 0.4) is 0 Å². The lowest BCUT2D eigenvalue weighted by Crippen LogP contribution is -2.30. The van der Waals surface area contributed by atoms with E-state index < -0.39 is 6.10 Å². The van der Waals surface area contributed by atoms with Gasteiger partial charge in [0.25, 0.3) is 0 Å². The molecule has 0 aromatic carbocycles. The monoisotopic (exact) mass is 1110 g/mol. The normalized spacial score (nSPS) is 12.3. The van der Waals surface area contributed by atoms with Gasteiger partial charge in [-0.3, -0.25) is 14.4 Å². The van der Waals surface area contributed by atoms with Crippen LogP contribution in [0.25, 0.3) is 0 Å². The van der Waals surface area contributed by atoms with Crippen LogP contribution in [0.15, 0.2) is 48.6 Å². The molecule has 0 fully saturated rings. The van der Waals surface area contributed by atoms with Gasteiger partial charge in [-0.15, -0.1) is 0 Å². The number of hydrogen-bond acceptors (Lipinski definition) is 6. The first-order valence-corrected chi connectivity index (χ1v) is 35.1. The molecule has 0 saturated carbocycles. The average Bonchev–Trinajstić information content (AvgIpc) is 3.45. The first kappa shape index (κ1) is 76.4. The number of allylic oxidation sites excluding steroid dienone is 8. The molecule has 0 aliphatic heterocycles. The van der Waals surface area contributed by atoms with Crippen LogP contribution in [-0.4, -0.2) is 37.2 Å². The molecule has 0 aromatic heterocycles. The zero-order chi connectivity index (χ0) is 57.1. The molecule has 0 aliphatic carbocycles. The molecule has 0 amide bonds. The van der Waals surface area contributed by atoms with Crippen molar-refractivity contribution < 1.29 is 28.6 Å². The molecule has 0 N–H and O–H groups in total. The fourth-order valence-electron chi connectivity index (χ4n) is 10.6. The third-order valence-electron chi connectivity index (χ3n) is 15.8. The van der Waals surface area contributed by atoms with Gasteiger partial charge in [-0.25, -0.2) is 0 Å². The van der Waals surface area contributed by atoms with Crippen molar-refractivity contribution in [1.82, 2.24) is 0 Å². The average molecular weight is 1110 g/mol. The molecule has 0 aliphatic rings. The summed E-state index contributed by atoms with van der Waals surface area (Å²) in [4.78, 5) is 38.3. The van der Waals surface area contributed by atoms with Crippen molar-refractivity contribution in [2.75, 3.05) is 13.2 Å². The van der Waals surface area contributed by atoms with Gasteiger partial charge < -0.3 is 14.2 Å². The lowest BCUT2D eigenvalue weighted by Gasteiger charge is -2.18. The second-order valence-electron chi connectivity index (χ2n) is 23.8. The van der Waals surface area contributed by atoms with Crippen LogP contribution in [0.4, 0.5) is 0 Å². The molecule has 6 nitrogen and oxygen atoms in total. The fraction of sp³-hybridized carbons (Fsp3) is 0.849. The van der Waals surface area contributed by atoms with Gasteiger partial charge in [0.1, 0.15) is 13.2 Å². The van der Waals surface area contributed by atoms with Crippen molar-refractivity contribution in [3.8, 4) is 0 Å². The minimum absolute atomic E-state index is 0.0824. The van der Waals surface area contributed by atoms with Crippen molar-refractivity contribution in [1.29, 1.82) is 0 Å². The Morgan fingerprint density at radius 1 is 0.266 bits per heavy atom. The molecule has 0 bridgehead atoms. The molecule has 0 spiro atoms. The quantitative estimate of drug-likeness (QED) is 0.0261. The Balaban J connectivity index is 4.12. The van der Waals surface area contributed by atoms with Crippen molar-refractivity contribution >= 4 is 17.9 Å². The number of unbranched alkanes of at least 4 members (excludes halogenated alkanes) is 46. The molecule has 1 unspecified atom stereocenters. The zero-order valence-electron chi connectivity index (χ0n) is 53.2. The minimum atomic E-state index is -0.789. The SMILES string of the molecule is CC/C=C\C/C=C\C/C=C\CCCCCC(=O)OCC(COC(=O)CCCCCCCCCCCCCCCCCCCCCCCCCCCCCCCCCC)OC(=O)CCCCCCC/C=C\CCCCCCCCC. The standard InChI is InChI=1S/C73H134O6/c1-4-7-10-13-16-19-22-25-27-29-30-31-32-33-34-35-36-37-38-39-40-41-42-43-44-46-48-51-54-57-60-63-66-72(75)78-69-70(68-77-71(74)65-62-59-56-53-50-47-24-21-18-15-12-9-6-3)79-73(76)67-64-61-58-55-52-49-45-28-26-23-20-17-14-11-8-5-2/h9,12,18,21,28,45,47,50,70H,4-8,10-11,13-17,19-20,22-27,29-44,46,48-49,51-69H2,1-3H3/b12-9-,21-18-,45-28-,50-47-. The summed E-state index contributed by atoms with van der Waals surface area (Å²) < 4.78 is 16.9. The summed E-state index contributed by atoms with van der Waals surface area (Å²) in [6.07, 6.45) is 86.0. The highest BCUT2D eigenvalue weighted by Crippen LogP contribution is 2.19. The minimum Gasteiger partial charge on any atom is -0.462 e. The Morgan fingerprint density at radius 3 is 0.797 bits per heavy atom. The Bertz CT molecular complexity index is 1360. The molecule has 0 radical (unpaired) electrons. The van der Waals surface area contributed by atoms with E-state index in [9.17, 15) is 14.4 Å². The first-order valence-electron chi connectivity index (χ1n) is 35.1. The van der Waals surface area contributed by atoms with Crippen LogP contribution >= 0.6 is 0 Å². The van der Waals surface area contributed by atoms with Crippen molar-refractivity contribution in [2.24, 2.45) is 0 Å². The smallest absolute Gasteiger partial charge is 0.306 e. The lowest BCUT2D eigenvalue weighted by atomic mass is 10.0. The van der Waals surface area contributed by atoms with E-state index in [-0.39, 0.29) is 31.1 Å². The first-order chi connectivity index (χ1) is 39.0. The maximum absolute atomic E-state index is 12.9. The zero-order valence-corrected chi connectivity index (χ0v) is 53.2. The highest BCUT2D eigenvalue weighted by atomic mass is 16.6. The molecule has 6 heteroatoms. The van der Waals surface area contributed by atoms with Crippen LogP contribution in [0, 0.1) is 0 Å². The Hall–Kier alpha value is -2.63. The molecule has 0 rings (SSSR count). The number of rotatable bonds is 65. The molecule has 79 heavy (non-hydrogen) atoms. The Kier molecular flexibility index (Phi) is 65.6. The Labute approximate surface area is 492 Å². The van der Waals surface area contributed by atoms with E-state index in [0.29, 0.717) is 19.3 Å². The third kappa shape index (κ3) is 66.1. The predicted octanol–water partition coefficient (Wildman–Crippen LogP) is 24.1. The van der Waals surface area contributed by atoms with Crippen molar-refractivity contribution in [3.63, 3.8) is 0 Å². The lowest BCUT2D eigenvalue weighted by molar-refractivity contribution is -0.167. The molecule has 462 valence electrons. The topological polar surface area (TPSA) is 78.9 Å². The summed E-state index contributed by atoms with van der Waals surface area (Å²) in [6, 6.07) is 0. The van der Waals surface area contributed by atoms with Crippen molar-refractivity contribution in [3.05, 3.63) is 48.6 Å². The highest BCUT2D eigenvalue weighted by molar-refractivity contribution is 5.71. The van der Waals surface area contributed by atoms with Gasteiger partial charge in [-0.1, -0.05) is 333 Å². The molecule has 1 atom stereocenters. The third-order valence-corrected chi connectivity index (χ3v) is 15.8. The number of hydrogen-bond donors (Lipinski definition) is 0. The van der Waals surface area contributed by atoms with E-state index in [2.05, 4.69) is 69.4 Å². The van der Waals surface area contributed by atoms with E-state index >= 15 is 0 Å². The maximum Gasteiger partial charge on any atom is 0.306 e. The molecule has 0 saturated heterocycles. The maximum atomic E-state index is 12.9. The summed E-state index contributed by atoms with van der Waals surface area (Å²) >= 11 is 0. The largest absolute Gasteiger partial charge is 0.462 e. The van der Waals surface area contributed by atoms with E-state index in [1.54, 1.807) is 0 Å². The van der Waals surface area contributed by atoms with Gasteiger partial charge in [-0.05, 0) is 77.0 Å². The van der Waals surface area contributed by atoms with Gasteiger partial charge in [0, 0.05) is 19.3 Å². The van der Waals surface area contributed by atoms with E-state index in [4.69, 9.17) is 14.2 Å².